The van der Waals surface area contributed by atoms with Crippen molar-refractivity contribution in [3.8, 4) is 5.75 Å². The number of benzene rings is 1. The largest absolute Gasteiger partial charge is 0.497 e. The van der Waals surface area contributed by atoms with Crippen molar-refractivity contribution >= 4 is 10.0 Å². The van der Waals surface area contributed by atoms with E-state index in [4.69, 9.17) is 4.74 Å². The molecule has 0 bridgehead atoms. The molecule has 6 nitrogen and oxygen atoms in total. The predicted molar refractivity (Wildman–Crippen MR) is 79.7 cm³/mol. The topological polar surface area (TPSA) is 73.2 Å². The van der Waals surface area contributed by atoms with Gasteiger partial charge in [-0.25, -0.2) is 13.1 Å². The summed E-state index contributed by atoms with van der Waals surface area (Å²) in [4.78, 5) is 0.199. The minimum Gasteiger partial charge on any atom is -0.497 e. The van der Waals surface area contributed by atoms with E-state index in [1.54, 1.807) is 40.1 Å². The minimum atomic E-state index is -3.60. The number of nitrogens with one attached hydrogen (secondary N) is 1. The normalized spacial score (nSPS) is 13.1. The quantitative estimate of drug-likeness (QED) is 0.913. The number of ether oxygens (including phenoxy) is 1. The second kappa shape index (κ2) is 5.87. The van der Waals surface area contributed by atoms with Crippen LogP contribution in [0.25, 0.3) is 0 Å². The zero-order valence-electron chi connectivity index (χ0n) is 12.5. The van der Waals surface area contributed by atoms with Crippen LogP contribution in [-0.4, -0.2) is 25.3 Å². The first-order chi connectivity index (χ1) is 9.85. The van der Waals surface area contributed by atoms with Gasteiger partial charge in [0.25, 0.3) is 0 Å². The summed E-state index contributed by atoms with van der Waals surface area (Å²) >= 11 is 0. The van der Waals surface area contributed by atoms with Crippen LogP contribution < -0.4 is 9.46 Å². The van der Waals surface area contributed by atoms with Gasteiger partial charge in [0.15, 0.2) is 0 Å². The highest BCUT2D eigenvalue weighted by molar-refractivity contribution is 7.89. The van der Waals surface area contributed by atoms with E-state index in [1.165, 1.54) is 10.9 Å². The lowest BCUT2D eigenvalue weighted by Gasteiger charge is -2.14. The SMILES string of the molecule is COc1ccc(C(C)NS(=O)(=O)c2cnn(C)c2C)cc1. The molecule has 1 heterocycles. The number of hydrogen-bond acceptors (Lipinski definition) is 4. The molecule has 1 aromatic carbocycles. The molecule has 1 unspecified atom stereocenters. The maximum absolute atomic E-state index is 12.4. The highest BCUT2D eigenvalue weighted by atomic mass is 32.2. The van der Waals surface area contributed by atoms with Crippen molar-refractivity contribution in [3.63, 3.8) is 0 Å². The van der Waals surface area contributed by atoms with E-state index in [0.29, 0.717) is 5.69 Å². The molecule has 7 heteroatoms. The Morgan fingerprint density at radius 2 is 1.90 bits per heavy atom. The Hall–Kier alpha value is -1.86. The van der Waals surface area contributed by atoms with Gasteiger partial charge >= 0.3 is 0 Å². The Kier molecular flexibility index (Phi) is 4.34. The van der Waals surface area contributed by atoms with Gasteiger partial charge in [0.2, 0.25) is 10.0 Å². The predicted octanol–water partition coefficient (Wildman–Crippen LogP) is 1.78. The fraction of sp³-hybridized carbons (Fsp3) is 0.357. The van der Waals surface area contributed by atoms with Crippen LogP contribution in [0, 0.1) is 6.92 Å². The van der Waals surface area contributed by atoms with E-state index < -0.39 is 10.0 Å². The lowest BCUT2D eigenvalue weighted by atomic mass is 10.1. The molecule has 0 amide bonds. The summed E-state index contributed by atoms with van der Waals surface area (Å²) in [5.74, 6) is 0.733. The number of hydrogen-bond donors (Lipinski definition) is 1. The van der Waals surface area contributed by atoms with Gasteiger partial charge in [-0.05, 0) is 31.5 Å². The van der Waals surface area contributed by atoms with Gasteiger partial charge in [-0.3, -0.25) is 4.68 Å². The first kappa shape index (κ1) is 15.5. The fourth-order valence-electron chi connectivity index (χ4n) is 2.00. The van der Waals surface area contributed by atoms with Crippen LogP contribution in [-0.2, 0) is 17.1 Å². The summed E-state index contributed by atoms with van der Waals surface area (Å²) < 4.78 is 34.0. The summed E-state index contributed by atoms with van der Waals surface area (Å²) in [6.45, 7) is 3.52. The molecule has 0 radical (unpaired) electrons. The van der Waals surface area contributed by atoms with Crippen molar-refractivity contribution in [2.75, 3.05) is 7.11 Å². The average molecular weight is 309 g/mol. The smallest absolute Gasteiger partial charge is 0.244 e. The Morgan fingerprint density at radius 1 is 1.29 bits per heavy atom. The van der Waals surface area contributed by atoms with Gasteiger partial charge in [-0.15, -0.1) is 0 Å². The zero-order valence-corrected chi connectivity index (χ0v) is 13.3. The number of aryl methyl sites for hydroxylation is 1. The monoisotopic (exact) mass is 309 g/mol. The first-order valence-electron chi connectivity index (χ1n) is 6.50. The van der Waals surface area contributed by atoms with Crippen LogP contribution >= 0.6 is 0 Å². The van der Waals surface area contributed by atoms with Gasteiger partial charge in [-0.2, -0.15) is 5.10 Å². The van der Waals surface area contributed by atoms with E-state index in [9.17, 15) is 8.42 Å². The third-order valence-electron chi connectivity index (χ3n) is 3.43. The molecule has 21 heavy (non-hydrogen) atoms. The molecule has 1 aromatic heterocycles. The highest BCUT2D eigenvalue weighted by Gasteiger charge is 2.22. The van der Waals surface area contributed by atoms with Gasteiger partial charge in [0, 0.05) is 13.1 Å². The van der Waals surface area contributed by atoms with Gasteiger partial charge in [0.05, 0.1) is 19.0 Å². The van der Waals surface area contributed by atoms with Crippen LogP contribution in [0.15, 0.2) is 35.4 Å². The summed E-state index contributed by atoms with van der Waals surface area (Å²) in [6, 6.07) is 6.93. The molecule has 0 fully saturated rings. The van der Waals surface area contributed by atoms with Crippen molar-refractivity contribution in [1.29, 1.82) is 0 Å². The van der Waals surface area contributed by atoms with Gasteiger partial charge < -0.3 is 4.74 Å². The number of rotatable bonds is 5. The lowest BCUT2D eigenvalue weighted by molar-refractivity contribution is 0.414. The van der Waals surface area contributed by atoms with Crippen LogP contribution in [0.5, 0.6) is 5.75 Å². The first-order valence-corrected chi connectivity index (χ1v) is 7.98. The van der Waals surface area contributed by atoms with Crippen LogP contribution in [0.4, 0.5) is 0 Å². The highest BCUT2D eigenvalue weighted by Crippen LogP contribution is 2.20. The van der Waals surface area contributed by atoms with Crippen LogP contribution in [0.2, 0.25) is 0 Å². The van der Waals surface area contributed by atoms with Crippen molar-refractivity contribution in [2.45, 2.75) is 24.8 Å². The number of methoxy groups -OCH3 is 1. The van der Waals surface area contributed by atoms with E-state index in [-0.39, 0.29) is 10.9 Å². The summed E-state index contributed by atoms with van der Waals surface area (Å²) in [5.41, 5.74) is 1.46. The molecular formula is C14H19N3O3S. The van der Waals surface area contributed by atoms with E-state index in [2.05, 4.69) is 9.82 Å². The van der Waals surface area contributed by atoms with Gasteiger partial charge in [-0.1, -0.05) is 12.1 Å². The molecular weight excluding hydrogens is 290 g/mol. The second-order valence-corrected chi connectivity index (χ2v) is 6.52. The molecule has 1 atom stereocenters. The van der Waals surface area contributed by atoms with Crippen molar-refractivity contribution in [2.24, 2.45) is 7.05 Å². The summed E-state index contributed by atoms with van der Waals surface area (Å²) in [7, 11) is -0.299. The zero-order chi connectivity index (χ0) is 15.6. The molecule has 2 aromatic rings. The second-order valence-electron chi connectivity index (χ2n) is 4.83. The molecule has 0 saturated carbocycles. The van der Waals surface area contributed by atoms with E-state index >= 15 is 0 Å². The number of aromatic nitrogens is 2. The average Bonchev–Trinajstić information content (AvgIpc) is 2.79. The molecule has 2 rings (SSSR count). The molecule has 1 N–H and O–H groups in total. The Balaban J connectivity index is 2.21. The van der Waals surface area contributed by atoms with Crippen molar-refractivity contribution in [1.82, 2.24) is 14.5 Å². The van der Waals surface area contributed by atoms with E-state index in [1.807, 2.05) is 12.1 Å². The lowest BCUT2D eigenvalue weighted by Crippen LogP contribution is -2.27. The molecule has 0 aliphatic carbocycles. The van der Waals surface area contributed by atoms with Gasteiger partial charge in [0.1, 0.15) is 10.6 Å². The maximum Gasteiger partial charge on any atom is 0.244 e. The molecule has 0 aliphatic heterocycles. The summed E-state index contributed by atoms with van der Waals surface area (Å²) in [6.07, 6.45) is 1.36. The Bertz CT molecular complexity index is 720. The molecule has 114 valence electrons. The standard InChI is InChI=1S/C14H19N3O3S/c1-10(12-5-7-13(20-4)8-6-12)16-21(18,19)14-9-15-17(3)11(14)2/h5-10,16H,1-4H3. The minimum absolute atomic E-state index is 0.199. The number of nitrogens with zero attached hydrogens (tertiary/aromatic N) is 2. The Morgan fingerprint density at radius 3 is 2.38 bits per heavy atom. The maximum atomic E-state index is 12.4. The fourth-order valence-corrected chi connectivity index (χ4v) is 3.43. The van der Waals surface area contributed by atoms with Crippen LogP contribution in [0.1, 0.15) is 24.2 Å². The van der Waals surface area contributed by atoms with Crippen LogP contribution in [0.3, 0.4) is 0 Å². The third kappa shape index (κ3) is 3.25. The van der Waals surface area contributed by atoms with Crippen molar-refractivity contribution in [3.05, 3.63) is 41.7 Å². The molecule has 0 saturated heterocycles. The third-order valence-corrected chi connectivity index (χ3v) is 5.07. The molecule has 0 aliphatic rings. The van der Waals surface area contributed by atoms with Crippen molar-refractivity contribution < 1.29 is 13.2 Å². The molecule has 0 spiro atoms. The van der Waals surface area contributed by atoms with E-state index in [0.717, 1.165) is 11.3 Å². The number of sulfonamides is 1. The summed E-state index contributed by atoms with van der Waals surface area (Å²) in [5, 5.41) is 3.97. The Labute approximate surface area is 124 Å².